The maximum Gasteiger partial charge on any atom is 0.251 e. The van der Waals surface area contributed by atoms with Crippen molar-refractivity contribution in [2.24, 2.45) is 11.7 Å². The Hall–Kier alpha value is -1.48. The van der Waals surface area contributed by atoms with E-state index in [0.29, 0.717) is 16.5 Å². The number of nitrogens with zero attached hydrogens (tertiary/aromatic N) is 1. The van der Waals surface area contributed by atoms with E-state index in [-0.39, 0.29) is 5.91 Å². The van der Waals surface area contributed by atoms with Crippen molar-refractivity contribution in [3.63, 3.8) is 0 Å². The van der Waals surface area contributed by atoms with Crippen LogP contribution in [0, 0.1) is 12.8 Å². The fourth-order valence-electron chi connectivity index (χ4n) is 4.37. The molecule has 3 nitrogen and oxygen atoms in total. The van der Waals surface area contributed by atoms with E-state index in [1.807, 2.05) is 19.1 Å². The van der Waals surface area contributed by atoms with Crippen molar-refractivity contribution in [2.45, 2.75) is 65.3 Å². The van der Waals surface area contributed by atoms with Gasteiger partial charge < -0.3 is 10.3 Å². The highest BCUT2D eigenvalue weighted by molar-refractivity contribution is 6.31. The van der Waals surface area contributed by atoms with E-state index in [2.05, 4.69) is 11.5 Å². The van der Waals surface area contributed by atoms with Crippen LogP contribution in [0.3, 0.4) is 0 Å². The molecule has 1 saturated carbocycles. The van der Waals surface area contributed by atoms with E-state index in [9.17, 15) is 4.79 Å². The maximum atomic E-state index is 12.3. The molecular formula is C20H27ClN2O. The number of primary amides is 1. The van der Waals surface area contributed by atoms with E-state index in [0.717, 1.165) is 35.1 Å². The number of hydrogen-bond donors (Lipinski definition) is 1. The van der Waals surface area contributed by atoms with Crippen LogP contribution in [-0.2, 0) is 13.0 Å². The summed E-state index contributed by atoms with van der Waals surface area (Å²) in [7, 11) is 0. The third kappa shape index (κ3) is 3.19. The highest BCUT2D eigenvalue weighted by Crippen LogP contribution is 2.35. The predicted octanol–water partition coefficient (Wildman–Crippen LogP) is 5.23. The molecule has 1 amide bonds. The average Bonchev–Trinajstić information content (AvgIpc) is 2.67. The Labute approximate surface area is 149 Å². The first-order chi connectivity index (χ1) is 11.5. The Balaban J connectivity index is 2.15. The summed E-state index contributed by atoms with van der Waals surface area (Å²) in [6.45, 7) is 4.96. The second-order valence-corrected chi connectivity index (χ2v) is 7.55. The molecule has 3 rings (SSSR count). The summed E-state index contributed by atoms with van der Waals surface area (Å²) in [5.41, 5.74) is 9.70. The molecule has 24 heavy (non-hydrogen) atoms. The molecule has 0 radical (unpaired) electrons. The number of carbonyl (C=O) groups is 1. The molecule has 1 aliphatic rings. The van der Waals surface area contributed by atoms with Crippen molar-refractivity contribution in [1.82, 2.24) is 4.57 Å². The van der Waals surface area contributed by atoms with Crippen molar-refractivity contribution in [3.8, 4) is 0 Å². The van der Waals surface area contributed by atoms with E-state index in [4.69, 9.17) is 17.3 Å². The third-order valence-electron chi connectivity index (χ3n) is 5.45. The third-order valence-corrected chi connectivity index (χ3v) is 5.67. The van der Waals surface area contributed by atoms with Gasteiger partial charge >= 0.3 is 0 Å². The standard InChI is InChI=1S/C20H27ClN2O/c1-3-23-16(11-14-8-6-4-5-7-9-14)19(20(22)24)18-13(2)10-15(21)12-17(18)23/h10,12,14H,3-9,11H2,1-2H3,(H2,22,24). The lowest BCUT2D eigenvalue weighted by atomic mass is 9.92. The summed E-state index contributed by atoms with van der Waals surface area (Å²) >= 11 is 6.28. The van der Waals surface area contributed by atoms with Crippen LogP contribution in [0.15, 0.2) is 12.1 Å². The minimum Gasteiger partial charge on any atom is -0.366 e. The lowest BCUT2D eigenvalue weighted by Crippen LogP contribution is -2.17. The summed E-state index contributed by atoms with van der Waals surface area (Å²) in [6.07, 6.45) is 8.72. The van der Waals surface area contributed by atoms with Crippen molar-refractivity contribution in [2.75, 3.05) is 0 Å². The minimum absolute atomic E-state index is 0.318. The number of benzene rings is 1. The number of rotatable bonds is 4. The molecule has 0 saturated heterocycles. The smallest absolute Gasteiger partial charge is 0.251 e. The summed E-state index contributed by atoms with van der Waals surface area (Å²) < 4.78 is 2.25. The molecule has 0 bridgehead atoms. The number of aromatic nitrogens is 1. The Morgan fingerprint density at radius 1 is 1.25 bits per heavy atom. The van der Waals surface area contributed by atoms with Gasteiger partial charge in [-0.25, -0.2) is 0 Å². The molecule has 1 aliphatic carbocycles. The molecule has 0 spiro atoms. The van der Waals surface area contributed by atoms with Gasteiger partial charge in [-0.2, -0.15) is 0 Å². The summed E-state index contributed by atoms with van der Waals surface area (Å²) in [5.74, 6) is 0.331. The van der Waals surface area contributed by atoms with Crippen LogP contribution in [-0.4, -0.2) is 10.5 Å². The number of aryl methyl sites for hydroxylation is 2. The number of halogens is 1. The van der Waals surface area contributed by atoms with Crippen LogP contribution in [0.1, 0.15) is 67.1 Å². The van der Waals surface area contributed by atoms with E-state index < -0.39 is 0 Å². The fraction of sp³-hybridized carbons (Fsp3) is 0.550. The number of amides is 1. The van der Waals surface area contributed by atoms with E-state index in [1.54, 1.807) is 0 Å². The molecule has 130 valence electrons. The van der Waals surface area contributed by atoms with Gasteiger partial charge in [0.25, 0.3) is 5.91 Å². The van der Waals surface area contributed by atoms with Crippen molar-refractivity contribution in [3.05, 3.63) is 34.0 Å². The Morgan fingerprint density at radius 2 is 1.92 bits per heavy atom. The number of hydrogen-bond acceptors (Lipinski definition) is 1. The second-order valence-electron chi connectivity index (χ2n) is 7.11. The van der Waals surface area contributed by atoms with Crippen molar-refractivity contribution >= 4 is 28.4 Å². The first kappa shape index (κ1) is 17.3. The highest BCUT2D eigenvalue weighted by atomic mass is 35.5. The molecule has 0 unspecified atom stereocenters. The van der Waals surface area contributed by atoms with Gasteiger partial charge in [0.05, 0.1) is 11.1 Å². The van der Waals surface area contributed by atoms with Crippen LogP contribution in [0.4, 0.5) is 0 Å². The largest absolute Gasteiger partial charge is 0.366 e. The lowest BCUT2D eigenvalue weighted by Gasteiger charge is -2.17. The fourth-order valence-corrected chi connectivity index (χ4v) is 4.64. The maximum absolute atomic E-state index is 12.3. The topological polar surface area (TPSA) is 48.0 Å². The van der Waals surface area contributed by atoms with Gasteiger partial charge in [0.2, 0.25) is 0 Å². The lowest BCUT2D eigenvalue weighted by molar-refractivity contribution is 0.100. The van der Waals surface area contributed by atoms with Gasteiger partial charge in [-0.1, -0.05) is 50.1 Å². The molecule has 1 aromatic heterocycles. The SMILES string of the molecule is CCn1c(CC2CCCCCC2)c(C(N)=O)c2c(C)cc(Cl)cc21. The molecular weight excluding hydrogens is 320 g/mol. The first-order valence-corrected chi connectivity index (χ1v) is 9.51. The molecule has 4 heteroatoms. The van der Waals surface area contributed by atoms with Gasteiger partial charge in [-0.05, 0) is 43.9 Å². The Kier molecular flexibility index (Phi) is 5.19. The molecule has 0 aliphatic heterocycles. The van der Waals surface area contributed by atoms with Crippen LogP contribution in [0.25, 0.3) is 10.9 Å². The second kappa shape index (κ2) is 7.18. The normalized spacial score (nSPS) is 16.5. The van der Waals surface area contributed by atoms with Crippen molar-refractivity contribution < 1.29 is 4.79 Å². The number of carbonyl (C=O) groups excluding carboxylic acids is 1. The number of fused-ring (bicyclic) bond motifs is 1. The minimum atomic E-state index is -0.318. The van der Waals surface area contributed by atoms with Gasteiger partial charge in [-0.3, -0.25) is 4.79 Å². The van der Waals surface area contributed by atoms with Gasteiger partial charge in [0, 0.05) is 22.6 Å². The van der Waals surface area contributed by atoms with E-state index >= 15 is 0 Å². The average molecular weight is 347 g/mol. The summed E-state index contributed by atoms with van der Waals surface area (Å²) in [4.78, 5) is 12.3. The predicted molar refractivity (Wildman–Crippen MR) is 101 cm³/mol. The van der Waals surface area contributed by atoms with Gasteiger partial charge in [0.15, 0.2) is 0 Å². The quantitative estimate of drug-likeness (QED) is 0.756. The molecule has 1 heterocycles. The Morgan fingerprint density at radius 3 is 2.50 bits per heavy atom. The van der Waals surface area contributed by atoms with Crippen molar-refractivity contribution in [1.29, 1.82) is 0 Å². The first-order valence-electron chi connectivity index (χ1n) is 9.14. The molecule has 1 aromatic carbocycles. The Bertz CT molecular complexity index is 755. The van der Waals surface area contributed by atoms with Crippen LogP contribution >= 0.6 is 11.6 Å². The monoisotopic (exact) mass is 346 g/mol. The van der Waals surface area contributed by atoms with Crippen LogP contribution in [0.2, 0.25) is 5.02 Å². The summed E-state index contributed by atoms with van der Waals surface area (Å²) in [5, 5.41) is 1.70. The zero-order valence-electron chi connectivity index (χ0n) is 14.7. The highest BCUT2D eigenvalue weighted by Gasteiger charge is 2.24. The molecule has 2 N–H and O–H groups in total. The van der Waals surface area contributed by atoms with Gasteiger partial charge in [-0.15, -0.1) is 0 Å². The van der Waals surface area contributed by atoms with E-state index in [1.165, 1.54) is 38.5 Å². The number of nitrogens with two attached hydrogens (primary N) is 1. The van der Waals surface area contributed by atoms with Crippen LogP contribution in [0.5, 0.6) is 0 Å². The molecule has 1 fully saturated rings. The zero-order valence-corrected chi connectivity index (χ0v) is 15.5. The van der Waals surface area contributed by atoms with Crippen LogP contribution < -0.4 is 5.73 Å². The van der Waals surface area contributed by atoms with Gasteiger partial charge in [0.1, 0.15) is 0 Å². The molecule has 2 aromatic rings. The molecule has 0 atom stereocenters. The summed E-state index contributed by atoms with van der Waals surface area (Å²) in [6, 6.07) is 3.89. The zero-order chi connectivity index (χ0) is 17.3.